The summed E-state index contributed by atoms with van der Waals surface area (Å²) in [4.78, 5) is 4.36. The molecule has 0 radical (unpaired) electrons. The van der Waals surface area contributed by atoms with Crippen molar-refractivity contribution in [1.29, 1.82) is 0 Å². The molecule has 0 saturated carbocycles. The second-order valence-corrected chi connectivity index (χ2v) is 4.80. The van der Waals surface area contributed by atoms with Gasteiger partial charge in [-0.2, -0.15) is 5.10 Å². The molecule has 0 aliphatic carbocycles. The highest BCUT2D eigenvalue weighted by Crippen LogP contribution is 2.25. The quantitative estimate of drug-likeness (QED) is 0.896. The molecular weight excluding hydrogens is 224 g/mol. The number of nitrogens with one attached hydrogen (secondary N) is 1. The van der Waals surface area contributed by atoms with Crippen molar-refractivity contribution in [2.45, 2.75) is 26.3 Å². The lowest BCUT2D eigenvalue weighted by Gasteiger charge is -2.25. The van der Waals surface area contributed by atoms with Gasteiger partial charge < -0.3 is 5.32 Å². The molecule has 0 saturated heterocycles. The number of rotatable bonds is 3. The van der Waals surface area contributed by atoms with Crippen LogP contribution in [0.5, 0.6) is 0 Å². The van der Waals surface area contributed by atoms with Crippen LogP contribution < -0.4 is 5.32 Å². The Labute approximate surface area is 107 Å². The average Bonchev–Trinajstić information content (AvgIpc) is 2.86. The molecule has 1 aliphatic heterocycles. The number of hydrogen-bond acceptors (Lipinski definition) is 3. The van der Waals surface area contributed by atoms with Crippen LogP contribution in [0.2, 0.25) is 0 Å². The Kier molecular flexibility index (Phi) is 3.00. The van der Waals surface area contributed by atoms with E-state index < -0.39 is 0 Å². The highest BCUT2D eigenvalue weighted by atomic mass is 15.3. The number of hydrogen-bond donors (Lipinski definition) is 1. The van der Waals surface area contributed by atoms with E-state index in [1.807, 2.05) is 4.68 Å². The number of para-hydroxylation sites is 1. The van der Waals surface area contributed by atoms with E-state index in [0.717, 1.165) is 31.8 Å². The van der Waals surface area contributed by atoms with E-state index in [1.54, 1.807) is 6.33 Å². The molecular formula is C14H18N4. The average molecular weight is 242 g/mol. The SMILES string of the molecule is CCn1ncnc1CC1CNc2ccccc2C1. The number of benzene rings is 1. The van der Waals surface area contributed by atoms with Gasteiger partial charge in [-0.25, -0.2) is 4.98 Å². The molecule has 2 heterocycles. The topological polar surface area (TPSA) is 42.7 Å². The molecule has 4 nitrogen and oxygen atoms in total. The maximum atomic E-state index is 4.36. The van der Waals surface area contributed by atoms with Crippen molar-refractivity contribution in [2.24, 2.45) is 5.92 Å². The van der Waals surface area contributed by atoms with Gasteiger partial charge in [0.2, 0.25) is 0 Å². The third-order valence-corrected chi connectivity index (χ3v) is 3.57. The second kappa shape index (κ2) is 4.80. The van der Waals surface area contributed by atoms with Gasteiger partial charge in [0.15, 0.2) is 0 Å². The first kappa shape index (κ1) is 11.3. The zero-order valence-electron chi connectivity index (χ0n) is 10.6. The van der Waals surface area contributed by atoms with Crippen LogP contribution in [0.4, 0.5) is 5.69 Å². The molecule has 0 bridgehead atoms. The van der Waals surface area contributed by atoms with E-state index >= 15 is 0 Å². The predicted molar refractivity (Wildman–Crippen MR) is 71.5 cm³/mol. The normalized spacial score (nSPS) is 18.2. The minimum absolute atomic E-state index is 0.606. The van der Waals surface area contributed by atoms with Crippen LogP contribution in [0.15, 0.2) is 30.6 Å². The van der Waals surface area contributed by atoms with Gasteiger partial charge in [0.25, 0.3) is 0 Å². The standard InChI is InChI=1S/C14H18N4/c1-2-18-14(16-10-17-18)8-11-7-12-5-3-4-6-13(12)15-9-11/h3-6,10-11,15H,2,7-9H2,1H3. The van der Waals surface area contributed by atoms with Crippen molar-refractivity contribution in [3.63, 3.8) is 0 Å². The number of anilines is 1. The first-order chi connectivity index (χ1) is 8.86. The molecule has 2 aromatic rings. The van der Waals surface area contributed by atoms with Crippen molar-refractivity contribution in [1.82, 2.24) is 14.8 Å². The van der Waals surface area contributed by atoms with Crippen molar-refractivity contribution in [2.75, 3.05) is 11.9 Å². The van der Waals surface area contributed by atoms with Crippen LogP contribution >= 0.6 is 0 Å². The fourth-order valence-electron chi connectivity index (χ4n) is 2.62. The van der Waals surface area contributed by atoms with Crippen LogP contribution in [0, 0.1) is 5.92 Å². The molecule has 3 rings (SSSR count). The lowest BCUT2D eigenvalue weighted by Crippen LogP contribution is -2.26. The Hall–Kier alpha value is -1.84. The van der Waals surface area contributed by atoms with Crippen molar-refractivity contribution in [3.8, 4) is 0 Å². The molecule has 4 heteroatoms. The van der Waals surface area contributed by atoms with Crippen LogP contribution in [0.25, 0.3) is 0 Å². The molecule has 1 aromatic heterocycles. The number of aryl methyl sites for hydroxylation is 1. The van der Waals surface area contributed by atoms with Gasteiger partial charge in [0.1, 0.15) is 12.2 Å². The predicted octanol–water partition coefficient (Wildman–Crippen LogP) is 2.12. The number of aromatic nitrogens is 3. The van der Waals surface area contributed by atoms with E-state index in [2.05, 4.69) is 46.6 Å². The van der Waals surface area contributed by atoms with E-state index in [9.17, 15) is 0 Å². The van der Waals surface area contributed by atoms with Crippen LogP contribution in [-0.4, -0.2) is 21.3 Å². The molecule has 0 spiro atoms. The Morgan fingerprint density at radius 3 is 3.17 bits per heavy atom. The van der Waals surface area contributed by atoms with Crippen molar-refractivity contribution in [3.05, 3.63) is 42.0 Å². The first-order valence-corrected chi connectivity index (χ1v) is 6.55. The zero-order chi connectivity index (χ0) is 12.4. The van der Waals surface area contributed by atoms with Crippen molar-refractivity contribution >= 4 is 5.69 Å². The molecule has 1 atom stereocenters. The zero-order valence-corrected chi connectivity index (χ0v) is 10.6. The largest absolute Gasteiger partial charge is 0.385 e. The van der Waals surface area contributed by atoms with Gasteiger partial charge in [-0.3, -0.25) is 4.68 Å². The van der Waals surface area contributed by atoms with E-state index in [4.69, 9.17) is 0 Å². The molecule has 1 aliphatic rings. The van der Waals surface area contributed by atoms with Gasteiger partial charge in [-0.1, -0.05) is 18.2 Å². The van der Waals surface area contributed by atoms with Gasteiger partial charge in [-0.15, -0.1) is 0 Å². The number of fused-ring (bicyclic) bond motifs is 1. The molecule has 18 heavy (non-hydrogen) atoms. The molecule has 1 unspecified atom stereocenters. The monoisotopic (exact) mass is 242 g/mol. The molecule has 0 amide bonds. The first-order valence-electron chi connectivity index (χ1n) is 6.55. The highest BCUT2D eigenvalue weighted by molar-refractivity contribution is 5.53. The fraction of sp³-hybridized carbons (Fsp3) is 0.429. The van der Waals surface area contributed by atoms with Gasteiger partial charge in [0, 0.05) is 25.2 Å². The summed E-state index contributed by atoms with van der Waals surface area (Å²) in [5, 5.41) is 7.73. The Morgan fingerprint density at radius 1 is 1.39 bits per heavy atom. The Balaban J connectivity index is 1.73. The third-order valence-electron chi connectivity index (χ3n) is 3.57. The third kappa shape index (κ3) is 2.10. The number of nitrogens with zero attached hydrogens (tertiary/aromatic N) is 3. The van der Waals surface area contributed by atoms with Gasteiger partial charge in [0.05, 0.1) is 0 Å². The summed E-state index contributed by atoms with van der Waals surface area (Å²) in [5.41, 5.74) is 2.70. The maximum Gasteiger partial charge on any atom is 0.138 e. The summed E-state index contributed by atoms with van der Waals surface area (Å²) in [5.74, 6) is 1.71. The molecule has 1 aromatic carbocycles. The summed E-state index contributed by atoms with van der Waals surface area (Å²) in [6.45, 7) is 4.02. The summed E-state index contributed by atoms with van der Waals surface area (Å²) < 4.78 is 1.99. The second-order valence-electron chi connectivity index (χ2n) is 4.80. The van der Waals surface area contributed by atoms with E-state index in [1.165, 1.54) is 11.3 Å². The fourth-order valence-corrected chi connectivity index (χ4v) is 2.62. The molecule has 94 valence electrons. The van der Waals surface area contributed by atoms with Crippen LogP contribution in [0.1, 0.15) is 18.3 Å². The molecule has 1 N–H and O–H groups in total. The lowest BCUT2D eigenvalue weighted by atomic mass is 9.91. The van der Waals surface area contributed by atoms with E-state index in [0.29, 0.717) is 5.92 Å². The minimum Gasteiger partial charge on any atom is -0.385 e. The summed E-state index contributed by atoms with van der Waals surface area (Å²) in [6, 6.07) is 8.55. The van der Waals surface area contributed by atoms with Gasteiger partial charge in [-0.05, 0) is 30.9 Å². The smallest absolute Gasteiger partial charge is 0.138 e. The van der Waals surface area contributed by atoms with Crippen molar-refractivity contribution < 1.29 is 0 Å². The Bertz CT molecular complexity index is 532. The van der Waals surface area contributed by atoms with Crippen LogP contribution in [0.3, 0.4) is 0 Å². The van der Waals surface area contributed by atoms with Crippen LogP contribution in [-0.2, 0) is 19.4 Å². The minimum atomic E-state index is 0.606. The maximum absolute atomic E-state index is 4.36. The summed E-state index contributed by atoms with van der Waals surface area (Å²) >= 11 is 0. The Morgan fingerprint density at radius 2 is 2.28 bits per heavy atom. The van der Waals surface area contributed by atoms with Gasteiger partial charge >= 0.3 is 0 Å². The lowest BCUT2D eigenvalue weighted by molar-refractivity contribution is 0.493. The molecule has 0 fully saturated rings. The van der Waals surface area contributed by atoms with E-state index in [-0.39, 0.29) is 0 Å². The summed E-state index contributed by atoms with van der Waals surface area (Å²) in [6.07, 6.45) is 3.78. The summed E-state index contributed by atoms with van der Waals surface area (Å²) in [7, 11) is 0. The highest BCUT2D eigenvalue weighted by Gasteiger charge is 2.19.